The Hall–Kier alpha value is -4.60. The van der Waals surface area contributed by atoms with E-state index >= 15 is 0 Å². The van der Waals surface area contributed by atoms with Crippen LogP contribution in [-0.2, 0) is 33.4 Å². The van der Waals surface area contributed by atoms with Crippen LogP contribution in [0.4, 0.5) is 9.59 Å². The fraction of sp³-hybridized carbons (Fsp3) is 0.556. The molecule has 0 unspecified atom stereocenters. The molecule has 2 aliphatic heterocycles. The fourth-order valence-corrected chi connectivity index (χ4v) is 6.28. The number of aliphatic hydroxyl groups is 1. The van der Waals surface area contributed by atoms with Gasteiger partial charge in [0.1, 0.15) is 12.1 Å². The molecule has 15 nitrogen and oxygen atoms in total. The monoisotopic (exact) mass is 713 g/mol. The number of carbonyl (C=O) groups excluding carboxylic acids is 6. The van der Waals surface area contributed by atoms with Crippen LogP contribution in [0.5, 0.6) is 0 Å². The zero-order valence-corrected chi connectivity index (χ0v) is 30.5. The number of ether oxygens (including phenoxy) is 3. The van der Waals surface area contributed by atoms with Gasteiger partial charge in [0, 0.05) is 50.4 Å². The van der Waals surface area contributed by atoms with Gasteiger partial charge in [-0.05, 0) is 44.1 Å². The lowest BCUT2D eigenvalue weighted by Crippen LogP contribution is -2.40. The van der Waals surface area contributed by atoms with Gasteiger partial charge in [-0.3, -0.25) is 24.1 Å². The first-order valence-electron chi connectivity index (χ1n) is 16.9. The molecule has 3 rings (SSSR count). The molecule has 0 spiro atoms. The summed E-state index contributed by atoms with van der Waals surface area (Å²) >= 11 is 0. The highest BCUT2D eigenvalue weighted by atomic mass is 16.6. The second kappa shape index (κ2) is 18.1. The van der Waals surface area contributed by atoms with Gasteiger partial charge in [-0.2, -0.15) is 0 Å². The third-order valence-electron chi connectivity index (χ3n) is 9.15. The lowest BCUT2D eigenvalue weighted by Gasteiger charge is -2.30. The van der Waals surface area contributed by atoms with Gasteiger partial charge in [-0.1, -0.05) is 52.0 Å². The summed E-state index contributed by atoms with van der Waals surface area (Å²) < 4.78 is 16.6. The van der Waals surface area contributed by atoms with E-state index in [1.165, 1.54) is 33.3 Å². The Morgan fingerprint density at radius 2 is 1.80 bits per heavy atom. The Balaban J connectivity index is 2.00. The maximum absolute atomic E-state index is 13.9. The van der Waals surface area contributed by atoms with Gasteiger partial charge in [0.2, 0.25) is 11.6 Å². The molecule has 5 amide bonds. The van der Waals surface area contributed by atoms with Gasteiger partial charge in [-0.15, -0.1) is 0 Å². The predicted octanol–water partition coefficient (Wildman–Crippen LogP) is 1.93. The SMILES string of the molecule is CO[C@H]1/C=C/C=C(/C)C(=O)NC2=CC(=O)C(NCCN3C(=O)N[C@H](C(C)C)C3=O)=C(C[C@@H](C)C[C@H](OC)[C@H](O)[C@@H](C)/C=C(\C)[C@@H]1OC(N)=O)C2=O. The Bertz CT molecular complexity index is 1540. The summed E-state index contributed by atoms with van der Waals surface area (Å²) in [6.07, 6.45) is 3.10. The molecule has 7 atom stereocenters. The standard InChI is InChI=1S/C36H51N5O10/c1-18(2)28-34(46)41(36(48)40-28)13-12-38-29-23-14-19(3)15-27(50-8)30(43)21(5)16-22(6)32(51-35(37)47)26(49-7)11-9-10-20(4)33(45)39-24(31(23)44)17-25(29)42/h9-11,16-19,21,26-28,30,32,38,43H,12-15H2,1-8H3,(H2,37,47)(H,39,45)(H,40,48)/b11-9+,20-10-,22-16+/t19-,21+,26+,27+,28-,30-,32+/m1/s1. The number of imide groups is 1. The van der Waals surface area contributed by atoms with Crippen LogP contribution < -0.4 is 21.7 Å². The molecule has 1 fully saturated rings. The summed E-state index contributed by atoms with van der Waals surface area (Å²) in [4.78, 5) is 78.7. The zero-order valence-electron chi connectivity index (χ0n) is 30.5. The van der Waals surface area contributed by atoms with Crippen LogP contribution in [0.2, 0.25) is 0 Å². The smallest absolute Gasteiger partial charge is 0.405 e. The van der Waals surface area contributed by atoms with Gasteiger partial charge in [0.25, 0.3) is 11.8 Å². The van der Waals surface area contributed by atoms with Crippen LogP contribution in [0, 0.1) is 17.8 Å². The maximum atomic E-state index is 13.9. The molecule has 3 aliphatic rings. The number of Topliss-reactive ketones (excluding diaryl/α,β-unsaturated/α-hetero) is 1. The van der Waals surface area contributed by atoms with E-state index in [4.69, 9.17) is 19.9 Å². The summed E-state index contributed by atoms with van der Waals surface area (Å²) in [5.41, 5.74) is 5.98. The fourth-order valence-electron chi connectivity index (χ4n) is 6.28. The van der Waals surface area contributed by atoms with Crippen molar-refractivity contribution in [3.63, 3.8) is 0 Å². The van der Waals surface area contributed by atoms with Crippen LogP contribution in [0.1, 0.15) is 54.4 Å². The highest BCUT2D eigenvalue weighted by Gasteiger charge is 2.39. The average Bonchev–Trinajstić information content (AvgIpc) is 3.35. The molecule has 51 heavy (non-hydrogen) atoms. The normalized spacial score (nSPS) is 31.3. The first-order valence-corrected chi connectivity index (χ1v) is 16.9. The molecule has 280 valence electrons. The second-order valence-electron chi connectivity index (χ2n) is 13.5. The minimum atomic E-state index is -1.03. The molecule has 0 aromatic carbocycles. The highest BCUT2D eigenvalue weighted by molar-refractivity contribution is 6.23. The molecule has 0 saturated carbocycles. The lowest BCUT2D eigenvalue weighted by molar-refractivity contribution is -0.128. The Morgan fingerprint density at radius 3 is 2.39 bits per heavy atom. The van der Waals surface area contributed by atoms with E-state index in [1.54, 1.807) is 26.0 Å². The van der Waals surface area contributed by atoms with Crippen LogP contribution >= 0.6 is 0 Å². The molecule has 0 radical (unpaired) electrons. The quantitative estimate of drug-likeness (QED) is 0.139. The first-order chi connectivity index (χ1) is 24.0. The molecule has 2 bridgehead atoms. The van der Waals surface area contributed by atoms with Gasteiger partial charge in [0.05, 0.1) is 23.6 Å². The van der Waals surface area contributed by atoms with Crippen LogP contribution in [0.3, 0.4) is 0 Å². The summed E-state index contributed by atoms with van der Waals surface area (Å²) in [6, 6.07) is -1.19. The largest absolute Gasteiger partial charge is 0.439 e. The predicted molar refractivity (Wildman–Crippen MR) is 186 cm³/mol. The number of methoxy groups -OCH3 is 2. The van der Waals surface area contributed by atoms with Gasteiger partial charge in [-0.25, -0.2) is 9.59 Å². The number of hydrogen-bond acceptors (Lipinski definition) is 11. The summed E-state index contributed by atoms with van der Waals surface area (Å²) in [5.74, 6) is -3.10. The van der Waals surface area contributed by atoms with Crippen LogP contribution in [-0.4, -0.2) is 103 Å². The molecule has 0 aromatic rings. The number of nitrogens with one attached hydrogen (secondary N) is 3. The molecule has 0 aromatic heterocycles. The van der Waals surface area contributed by atoms with E-state index < -0.39 is 66.0 Å². The van der Waals surface area contributed by atoms with Gasteiger partial charge >= 0.3 is 12.1 Å². The number of allylic oxidation sites excluding steroid dienone is 4. The van der Waals surface area contributed by atoms with E-state index in [0.717, 1.165) is 11.0 Å². The number of carbonyl (C=O) groups is 6. The number of rotatable bonds is 8. The van der Waals surface area contributed by atoms with Crippen molar-refractivity contribution in [2.45, 2.75) is 84.8 Å². The number of primary amides is 1. The summed E-state index contributed by atoms with van der Waals surface area (Å²) in [7, 11) is 2.87. The van der Waals surface area contributed by atoms with E-state index in [2.05, 4.69) is 16.0 Å². The van der Waals surface area contributed by atoms with Gasteiger partial charge in [0.15, 0.2) is 6.10 Å². The molecular weight excluding hydrogens is 662 g/mol. The van der Waals surface area contributed by atoms with Crippen molar-refractivity contribution in [1.82, 2.24) is 20.9 Å². The van der Waals surface area contributed by atoms with Crippen molar-refractivity contribution in [2.75, 3.05) is 27.3 Å². The van der Waals surface area contributed by atoms with E-state index in [0.29, 0.717) is 5.57 Å². The van der Waals surface area contributed by atoms with Crippen molar-refractivity contribution in [3.05, 3.63) is 58.5 Å². The van der Waals surface area contributed by atoms with Crippen molar-refractivity contribution in [1.29, 1.82) is 0 Å². The van der Waals surface area contributed by atoms with Gasteiger partial charge < -0.3 is 41.0 Å². The minimum Gasteiger partial charge on any atom is -0.439 e. The number of hydrogen-bond donors (Lipinski definition) is 5. The maximum Gasteiger partial charge on any atom is 0.405 e. The Labute approximate surface area is 298 Å². The highest BCUT2D eigenvalue weighted by Crippen LogP contribution is 2.29. The van der Waals surface area contributed by atoms with Crippen LogP contribution in [0.25, 0.3) is 0 Å². The summed E-state index contributed by atoms with van der Waals surface area (Å²) in [6.45, 7) is 10.4. The van der Waals surface area contributed by atoms with Crippen molar-refractivity contribution < 1.29 is 48.1 Å². The number of urea groups is 1. The van der Waals surface area contributed by atoms with Crippen LogP contribution in [0.15, 0.2) is 58.5 Å². The second-order valence-corrected chi connectivity index (χ2v) is 13.5. The molecule has 1 aliphatic carbocycles. The van der Waals surface area contributed by atoms with E-state index in [1.807, 2.05) is 20.8 Å². The van der Waals surface area contributed by atoms with Crippen molar-refractivity contribution >= 4 is 35.5 Å². The molecule has 6 N–H and O–H groups in total. The van der Waals surface area contributed by atoms with Crippen molar-refractivity contribution in [3.8, 4) is 0 Å². The Kier molecular flexibility index (Phi) is 14.5. The number of nitrogens with two attached hydrogens (primary N) is 1. The number of aliphatic hydroxyl groups excluding tert-OH is 1. The number of nitrogens with zero attached hydrogens (tertiary/aromatic N) is 1. The number of fused-ring (bicyclic) bond motifs is 2. The molecule has 2 heterocycles. The Morgan fingerprint density at radius 1 is 1.12 bits per heavy atom. The molecule has 15 heteroatoms. The van der Waals surface area contributed by atoms with E-state index in [9.17, 15) is 33.9 Å². The lowest BCUT2D eigenvalue weighted by atomic mass is 9.85. The summed E-state index contributed by atoms with van der Waals surface area (Å²) in [5, 5.41) is 19.5. The zero-order chi connectivity index (χ0) is 38.2. The molecule has 1 saturated heterocycles. The number of ketones is 2. The minimum absolute atomic E-state index is 0.00839. The molecular formula is C36H51N5O10. The average molecular weight is 714 g/mol. The first kappa shape index (κ1) is 40.8. The van der Waals surface area contributed by atoms with E-state index in [-0.39, 0.29) is 66.2 Å². The topological polar surface area (TPSA) is 216 Å². The number of amides is 5. The third-order valence-corrected chi connectivity index (χ3v) is 9.15. The van der Waals surface area contributed by atoms with Crippen molar-refractivity contribution in [2.24, 2.45) is 23.5 Å². The third kappa shape index (κ3) is 10.2.